The standard InChI is InChI=1S/C26H23N3O3S/c1-16-17(2)33-26(29-25(30)18-8-4-3-5-9-18)23(16)24(28-22-10-6-7-13-27-22)19-11-12-20-21(14-19)32-15-31-20/h3-14,24H,15H2,1-2H3,(H,27,28)(H,29,30)/t24-/m1/s1. The van der Waals surface area contributed by atoms with E-state index in [1.807, 2.05) is 66.7 Å². The largest absolute Gasteiger partial charge is 0.454 e. The Hall–Kier alpha value is -3.84. The van der Waals surface area contributed by atoms with Gasteiger partial charge in [0.1, 0.15) is 10.8 Å². The van der Waals surface area contributed by atoms with Crippen molar-refractivity contribution in [3.8, 4) is 11.5 Å². The monoisotopic (exact) mass is 457 g/mol. The third-order valence-corrected chi connectivity index (χ3v) is 6.81. The number of rotatable bonds is 6. The van der Waals surface area contributed by atoms with E-state index < -0.39 is 0 Å². The molecule has 0 radical (unpaired) electrons. The fraction of sp³-hybridized carbons (Fsp3) is 0.154. The Morgan fingerprint density at radius 2 is 1.79 bits per heavy atom. The van der Waals surface area contributed by atoms with Gasteiger partial charge in [0.15, 0.2) is 11.5 Å². The smallest absolute Gasteiger partial charge is 0.256 e. The maximum absolute atomic E-state index is 13.0. The molecular formula is C26H23N3O3S. The Bertz CT molecular complexity index is 1290. The number of pyridine rings is 1. The molecule has 0 bridgehead atoms. The number of anilines is 2. The van der Waals surface area contributed by atoms with Crippen molar-refractivity contribution in [1.29, 1.82) is 0 Å². The van der Waals surface area contributed by atoms with Crippen LogP contribution in [0, 0.1) is 13.8 Å². The first-order valence-corrected chi connectivity index (χ1v) is 11.4. The number of hydrogen-bond donors (Lipinski definition) is 2. The lowest BCUT2D eigenvalue weighted by molar-refractivity contribution is 0.102. The maximum Gasteiger partial charge on any atom is 0.256 e. The molecule has 0 saturated carbocycles. The normalized spacial score (nSPS) is 12.9. The summed E-state index contributed by atoms with van der Waals surface area (Å²) in [5.41, 5.74) is 3.73. The molecule has 1 aliphatic heterocycles. The van der Waals surface area contributed by atoms with Gasteiger partial charge in [-0.1, -0.05) is 30.3 Å². The number of amides is 1. The van der Waals surface area contributed by atoms with Crippen molar-refractivity contribution >= 4 is 28.1 Å². The van der Waals surface area contributed by atoms with Crippen LogP contribution in [-0.2, 0) is 0 Å². The van der Waals surface area contributed by atoms with Gasteiger partial charge in [-0.3, -0.25) is 4.79 Å². The van der Waals surface area contributed by atoms with Crippen LogP contribution >= 0.6 is 11.3 Å². The highest BCUT2D eigenvalue weighted by atomic mass is 32.1. The minimum absolute atomic E-state index is 0.139. The van der Waals surface area contributed by atoms with E-state index in [9.17, 15) is 4.79 Å². The third kappa shape index (κ3) is 4.27. The van der Waals surface area contributed by atoms with E-state index in [0.29, 0.717) is 11.3 Å². The second-order valence-electron chi connectivity index (χ2n) is 7.75. The number of aromatic nitrogens is 1. The lowest BCUT2D eigenvalue weighted by atomic mass is 9.96. The highest BCUT2D eigenvalue weighted by Gasteiger charge is 2.27. The summed E-state index contributed by atoms with van der Waals surface area (Å²) in [5, 5.41) is 7.51. The molecule has 1 amide bonds. The zero-order valence-electron chi connectivity index (χ0n) is 18.3. The van der Waals surface area contributed by atoms with Crippen molar-refractivity contribution in [2.75, 3.05) is 17.4 Å². The second-order valence-corrected chi connectivity index (χ2v) is 8.98. The van der Waals surface area contributed by atoms with Gasteiger partial charge in [-0.15, -0.1) is 11.3 Å². The van der Waals surface area contributed by atoms with Crippen LogP contribution in [0.5, 0.6) is 11.5 Å². The zero-order chi connectivity index (χ0) is 22.8. The summed E-state index contributed by atoms with van der Waals surface area (Å²) in [6, 6.07) is 20.6. The molecule has 0 fully saturated rings. The first-order chi connectivity index (χ1) is 16.1. The summed E-state index contributed by atoms with van der Waals surface area (Å²) < 4.78 is 11.1. The molecule has 4 aromatic rings. The van der Waals surface area contributed by atoms with E-state index in [1.165, 1.54) is 0 Å². The van der Waals surface area contributed by atoms with Crippen molar-refractivity contribution in [2.24, 2.45) is 0 Å². The molecule has 6 nitrogen and oxygen atoms in total. The first-order valence-electron chi connectivity index (χ1n) is 10.6. The number of nitrogens with one attached hydrogen (secondary N) is 2. The number of nitrogens with zero attached hydrogens (tertiary/aromatic N) is 1. The van der Waals surface area contributed by atoms with Crippen molar-refractivity contribution in [2.45, 2.75) is 19.9 Å². The number of benzene rings is 2. The molecule has 0 aliphatic carbocycles. The molecule has 1 atom stereocenters. The van der Waals surface area contributed by atoms with Gasteiger partial charge in [-0.2, -0.15) is 0 Å². The number of ether oxygens (including phenoxy) is 2. The highest BCUT2D eigenvalue weighted by Crippen LogP contribution is 2.43. The van der Waals surface area contributed by atoms with Crippen LogP contribution in [0.25, 0.3) is 0 Å². The van der Waals surface area contributed by atoms with Crippen molar-refractivity contribution < 1.29 is 14.3 Å². The SMILES string of the molecule is Cc1sc(NC(=O)c2ccccc2)c([C@H](Nc2ccccn2)c2ccc3c(c2)OCO3)c1C. The predicted molar refractivity (Wildman–Crippen MR) is 130 cm³/mol. The topological polar surface area (TPSA) is 72.5 Å². The Morgan fingerprint density at radius 1 is 1.00 bits per heavy atom. The number of fused-ring (bicyclic) bond motifs is 1. The van der Waals surface area contributed by atoms with Crippen molar-refractivity contribution in [1.82, 2.24) is 4.98 Å². The van der Waals surface area contributed by atoms with E-state index in [2.05, 4.69) is 29.5 Å². The predicted octanol–water partition coefficient (Wildman–Crippen LogP) is 5.94. The molecule has 2 aromatic heterocycles. The number of thiophene rings is 1. The number of carbonyl (C=O) groups excluding carboxylic acids is 1. The second kappa shape index (κ2) is 8.96. The lowest BCUT2D eigenvalue weighted by Gasteiger charge is -2.22. The van der Waals surface area contributed by atoms with Gasteiger partial charge in [0, 0.05) is 22.2 Å². The molecule has 0 unspecified atom stereocenters. The molecule has 7 heteroatoms. The van der Waals surface area contributed by atoms with Gasteiger partial charge in [-0.25, -0.2) is 4.98 Å². The van der Waals surface area contributed by atoms with E-state index in [1.54, 1.807) is 17.5 Å². The van der Waals surface area contributed by atoms with Crippen molar-refractivity contribution in [3.05, 3.63) is 100 Å². The molecule has 1 aliphatic rings. The average Bonchev–Trinajstić information content (AvgIpc) is 3.42. The van der Waals surface area contributed by atoms with Crippen LogP contribution in [0.4, 0.5) is 10.8 Å². The Balaban J connectivity index is 1.58. The first kappa shape index (κ1) is 21.0. The number of aryl methyl sites for hydroxylation is 1. The minimum Gasteiger partial charge on any atom is -0.454 e. The molecule has 0 spiro atoms. The van der Waals surface area contributed by atoms with Gasteiger partial charge in [-0.05, 0) is 61.4 Å². The fourth-order valence-corrected chi connectivity index (χ4v) is 4.95. The van der Waals surface area contributed by atoms with Crippen LogP contribution in [0.15, 0.2) is 72.9 Å². The van der Waals surface area contributed by atoms with Gasteiger partial charge in [0.2, 0.25) is 6.79 Å². The molecule has 5 rings (SSSR count). The molecule has 2 N–H and O–H groups in total. The van der Waals surface area contributed by atoms with Gasteiger partial charge < -0.3 is 20.1 Å². The summed E-state index contributed by atoms with van der Waals surface area (Å²) in [6.07, 6.45) is 1.75. The van der Waals surface area contributed by atoms with E-state index >= 15 is 0 Å². The van der Waals surface area contributed by atoms with Crippen LogP contribution in [0.3, 0.4) is 0 Å². The Morgan fingerprint density at radius 3 is 2.58 bits per heavy atom. The van der Waals surface area contributed by atoms with Crippen molar-refractivity contribution in [3.63, 3.8) is 0 Å². The van der Waals surface area contributed by atoms with Crippen LogP contribution < -0.4 is 20.1 Å². The average molecular weight is 458 g/mol. The summed E-state index contributed by atoms with van der Waals surface area (Å²) in [6.45, 7) is 4.37. The molecule has 33 heavy (non-hydrogen) atoms. The summed E-state index contributed by atoms with van der Waals surface area (Å²) in [4.78, 5) is 18.6. The van der Waals surface area contributed by atoms with Crippen LogP contribution in [0.2, 0.25) is 0 Å². The third-order valence-electron chi connectivity index (χ3n) is 5.67. The summed E-state index contributed by atoms with van der Waals surface area (Å²) in [7, 11) is 0. The highest BCUT2D eigenvalue weighted by molar-refractivity contribution is 7.16. The van der Waals surface area contributed by atoms with Gasteiger partial charge >= 0.3 is 0 Å². The molecule has 2 aromatic carbocycles. The number of hydrogen-bond acceptors (Lipinski definition) is 6. The molecule has 166 valence electrons. The van der Waals surface area contributed by atoms with Crippen LogP contribution in [-0.4, -0.2) is 17.7 Å². The Labute approximate surface area is 196 Å². The Kier molecular flexibility index (Phi) is 5.71. The molecular weight excluding hydrogens is 434 g/mol. The zero-order valence-corrected chi connectivity index (χ0v) is 19.1. The lowest BCUT2D eigenvalue weighted by Crippen LogP contribution is -2.18. The summed E-state index contributed by atoms with van der Waals surface area (Å²) in [5.74, 6) is 2.04. The van der Waals surface area contributed by atoms with Crippen LogP contribution in [0.1, 0.15) is 38.0 Å². The maximum atomic E-state index is 13.0. The minimum atomic E-state index is -0.259. The van der Waals surface area contributed by atoms with Gasteiger partial charge in [0.05, 0.1) is 6.04 Å². The quantitative estimate of drug-likeness (QED) is 0.375. The number of carbonyl (C=O) groups is 1. The van der Waals surface area contributed by atoms with Gasteiger partial charge in [0.25, 0.3) is 5.91 Å². The van der Waals surface area contributed by atoms with E-state index in [0.717, 1.165) is 38.1 Å². The van der Waals surface area contributed by atoms with E-state index in [4.69, 9.17) is 9.47 Å². The summed E-state index contributed by atoms with van der Waals surface area (Å²) >= 11 is 1.57. The fourth-order valence-electron chi connectivity index (χ4n) is 3.86. The van der Waals surface area contributed by atoms with E-state index in [-0.39, 0.29) is 18.7 Å². The molecule has 3 heterocycles. The molecule has 0 saturated heterocycles.